The summed E-state index contributed by atoms with van der Waals surface area (Å²) >= 11 is 1.69. The van der Waals surface area contributed by atoms with Crippen molar-refractivity contribution in [3.05, 3.63) is 23.8 Å². The molecule has 2 aliphatic heterocycles. The smallest absolute Gasteiger partial charge is 0.233 e. The van der Waals surface area contributed by atoms with Crippen molar-refractivity contribution in [2.75, 3.05) is 46.2 Å². The maximum absolute atomic E-state index is 12.3. The predicted octanol–water partition coefficient (Wildman–Crippen LogP) is 3.19. The molecular formula is C18H27ClN2O3S. The van der Waals surface area contributed by atoms with Crippen molar-refractivity contribution >= 4 is 30.1 Å². The second-order valence-electron chi connectivity index (χ2n) is 6.27. The van der Waals surface area contributed by atoms with Crippen LogP contribution in [0.25, 0.3) is 0 Å². The molecule has 0 bridgehead atoms. The van der Waals surface area contributed by atoms with E-state index in [2.05, 4.69) is 4.90 Å². The van der Waals surface area contributed by atoms with Gasteiger partial charge in [-0.1, -0.05) is 12.5 Å². The number of carbonyl (C=O) groups excluding carboxylic acids is 1. The Kier molecular flexibility index (Phi) is 7.72. The first-order chi connectivity index (χ1) is 11.7. The second kappa shape index (κ2) is 9.55. The third kappa shape index (κ3) is 4.74. The molecule has 3 rings (SSSR count). The Hall–Kier alpha value is -1.11. The van der Waals surface area contributed by atoms with Crippen LogP contribution in [0.1, 0.15) is 30.2 Å². The Morgan fingerprint density at radius 1 is 1.08 bits per heavy atom. The number of rotatable bonds is 6. The number of ether oxygens (including phenoxy) is 2. The van der Waals surface area contributed by atoms with E-state index in [0.717, 1.165) is 37.5 Å². The van der Waals surface area contributed by atoms with E-state index in [9.17, 15) is 4.79 Å². The van der Waals surface area contributed by atoms with Crippen LogP contribution in [0.2, 0.25) is 0 Å². The average molecular weight is 387 g/mol. The molecule has 0 N–H and O–H groups in total. The van der Waals surface area contributed by atoms with E-state index in [1.54, 1.807) is 26.0 Å². The Morgan fingerprint density at radius 2 is 1.80 bits per heavy atom. The van der Waals surface area contributed by atoms with Gasteiger partial charge in [0.05, 0.1) is 20.0 Å². The summed E-state index contributed by atoms with van der Waals surface area (Å²) in [6.45, 7) is 4.09. The van der Waals surface area contributed by atoms with E-state index >= 15 is 0 Å². The average Bonchev–Trinajstić information content (AvgIpc) is 3.00. The molecule has 0 saturated carbocycles. The highest BCUT2D eigenvalue weighted by atomic mass is 35.5. The lowest BCUT2D eigenvalue weighted by Crippen LogP contribution is -2.39. The van der Waals surface area contributed by atoms with Crippen LogP contribution >= 0.6 is 24.2 Å². The standard InChI is InChI=1S/C18H26N2O3S.ClH/c1-22-15-7-6-14(12-16(15)23-2)18-20(17(21)13-24-18)11-10-19-8-4-3-5-9-19;/h6-7,12,18H,3-5,8-11,13H2,1-2H3;1H. The third-order valence-corrected chi connectivity index (χ3v) is 6.02. The number of nitrogens with zero attached hydrogens (tertiary/aromatic N) is 2. The Morgan fingerprint density at radius 3 is 2.48 bits per heavy atom. The van der Waals surface area contributed by atoms with Gasteiger partial charge in [-0.25, -0.2) is 0 Å². The lowest BCUT2D eigenvalue weighted by molar-refractivity contribution is -0.128. The van der Waals surface area contributed by atoms with Crippen molar-refractivity contribution in [2.24, 2.45) is 0 Å². The molecule has 2 heterocycles. The van der Waals surface area contributed by atoms with E-state index < -0.39 is 0 Å². The van der Waals surface area contributed by atoms with E-state index in [4.69, 9.17) is 9.47 Å². The molecule has 2 fully saturated rings. The van der Waals surface area contributed by atoms with Gasteiger partial charge >= 0.3 is 0 Å². The number of carbonyl (C=O) groups is 1. The lowest BCUT2D eigenvalue weighted by atomic mass is 10.1. The number of piperidine rings is 1. The largest absolute Gasteiger partial charge is 0.493 e. The fourth-order valence-electron chi connectivity index (χ4n) is 3.41. The highest BCUT2D eigenvalue weighted by Gasteiger charge is 2.33. The van der Waals surface area contributed by atoms with Crippen LogP contribution in [0.4, 0.5) is 0 Å². The molecule has 2 saturated heterocycles. The number of thioether (sulfide) groups is 1. The van der Waals surface area contributed by atoms with Gasteiger partial charge in [-0.3, -0.25) is 4.79 Å². The van der Waals surface area contributed by atoms with E-state index in [0.29, 0.717) is 11.5 Å². The maximum Gasteiger partial charge on any atom is 0.233 e. The molecule has 0 aromatic heterocycles. The topological polar surface area (TPSA) is 42.0 Å². The monoisotopic (exact) mass is 386 g/mol. The first-order valence-corrected chi connectivity index (χ1v) is 9.63. The number of hydrogen-bond acceptors (Lipinski definition) is 5. The summed E-state index contributed by atoms with van der Waals surface area (Å²) in [5, 5.41) is 0.0714. The van der Waals surface area contributed by atoms with Gasteiger partial charge in [-0.15, -0.1) is 24.2 Å². The fraction of sp³-hybridized carbons (Fsp3) is 0.611. The molecule has 1 unspecified atom stereocenters. The van der Waals surface area contributed by atoms with Crippen molar-refractivity contribution in [3.63, 3.8) is 0 Å². The summed E-state index contributed by atoms with van der Waals surface area (Å²) in [5.74, 6) is 2.22. The zero-order chi connectivity index (χ0) is 16.9. The van der Waals surface area contributed by atoms with Gasteiger partial charge < -0.3 is 19.3 Å². The lowest BCUT2D eigenvalue weighted by Gasteiger charge is -2.30. The number of benzene rings is 1. The second-order valence-corrected chi connectivity index (χ2v) is 7.34. The summed E-state index contributed by atoms with van der Waals surface area (Å²) in [6.07, 6.45) is 3.90. The molecule has 0 radical (unpaired) electrons. The molecule has 1 aromatic carbocycles. The minimum atomic E-state index is 0. The zero-order valence-corrected chi connectivity index (χ0v) is 16.5. The Balaban J connectivity index is 0.00000225. The minimum Gasteiger partial charge on any atom is -0.493 e. The summed E-state index contributed by atoms with van der Waals surface area (Å²) < 4.78 is 10.7. The van der Waals surface area contributed by atoms with Crippen molar-refractivity contribution in [2.45, 2.75) is 24.6 Å². The molecule has 0 spiro atoms. The molecule has 25 heavy (non-hydrogen) atoms. The molecule has 1 aromatic rings. The van der Waals surface area contributed by atoms with Crippen molar-refractivity contribution in [1.29, 1.82) is 0 Å². The summed E-state index contributed by atoms with van der Waals surface area (Å²) in [7, 11) is 3.28. The van der Waals surface area contributed by atoms with Crippen LogP contribution in [0, 0.1) is 0 Å². The van der Waals surface area contributed by atoms with Gasteiger partial charge in [0.15, 0.2) is 11.5 Å². The van der Waals surface area contributed by atoms with E-state index in [1.165, 1.54) is 19.3 Å². The van der Waals surface area contributed by atoms with Gasteiger partial charge in [0.2, 0.25) is 5.91 Å². The number of likely N-dealkylation sites (tertiary alicyclic amines) is 1. The molecule has 2 aliphatic rings. The number of hydrogen-bond donors (Lipinski definition) is 0. The molecule has 1 atom stereocenters. The molecule has 5 nitrogen and oxygen atoms in total. The quantitative estimate of drug-likeness (QED) is 0.751. The molecule has 1 amide bonds. The highest BCUT2D eigenvalue weighted by Crippen LogP contribution is 2.41. The Labute approximate surface area is 160 Å². The van der Waals surface area contributed by atoms with Gasteiger partial charge in [-0.2, -0.15) is 0 Å². The van der Waals surface area contributed by atoms with E-state index in [1.807, 2.05) is 23.1 Å². The van der Waals surface area contributed by atoms with Gasteiger partial charge in [0.1, 0.15) is 5.37 Å². The van der Waals surface area contributed by atoms with Crippen molar-refractivity contribution in [1.82, 2.24) is 9.80 Å². The summed E-state index contributed by atoms with van der Waals surface area (Å²) in [4.78, 5) is 16.8. The van der Waals surface area contributed by atoms with Crippen LogP contribution in [-0.4, -0.2) is 61.9 Å². The molecule has 7 heteroatoms. The third-order valence-electron chi connectivity index (χ3n) is 4.77. The highest BCUT2D eigenvalue weighted by molar-refractivity contribution is 8.00. The summed E-state index contributed by atoms with van der Waals surface area (Å²) in [5.41, 5.74) is 1.10. The van der Waals surface area contributed by atoms with Crippen molar-refractivity contribution in [3.8, 4) is 11.5 Å². The van der Waals surface area contributed by atoms with Gasteiger partial charge in [0.25, 0.3) is 0 Å². The summed E-state index contributed by atoms with van der Waals surface area (Å²) in [6, 6.07) is 5.94. The van der Waals surface area contributed by atoms with E-state index in [-0.39, 0.29) is 23.7 Å². The van der Waals surface area contributed by atoms with Crippen LogP contribution in [0.15, 0.2) is 18.2 Å². The molecular weight excluding hydrogens is 360 g/mol. The number of methoxy groups -OCH3 is 2. The Bertz CT molecular complexity index is 581. The van der Waals surface area contributed by atoms with Crippen LogP contribution < -0.4 is 9.47 Å². The fourth-order valence-corrected chi connectivity index (χ4v) is 4.62. The van der Waals surface area contributed by atoms with Gasteiger partial charge in [0, 0.05) is 13.1 Å². The SMILES string of the molecule is COc1ccc(C2SCC(=O)N2CCN2CCCCC2)cc1OC.Cl. The maximum atomic E-state index is 12.3. The van der Waals surface area contributed by atoms with Crippen LogP contribution in [0.5, 0.6) is 11.5 Å². The van der Waals surface area contributed by atoms with Crippen molar-refractivity contribution < 1.29 is 14.3 Å². The molecule has 0 aliphatic carbocycles. The van der Waals surface area contributed by atoms with Crippen LogP contribution in [0.3, 0.4) is 0 Å². The predicted molar refractivity (Wildman–Crippen MR) is 104 cm³/mol. The van der Waals surface area contributed by atoms with Gasteiger partial charge in [-0.05, 0) is 43.6 Å². The normalized spacial score (nSPS) is 21.1. The minimum absolute atomic E-state index is 0. The van der Waals surface area contributed by atoms with Crippen LogP contribution in [-0.2, 0) is 4.79 Å². The number of halogens is 1. The zero-order valence-electron chi connectivity index (χ0n) is 14.9. The molecule has 140 valence electrons. The first kappa shape index (κ1) is 20.2. The first-order valence-electron chi connectivity index (χ1n) is 8.58. The number of amides is 1.